The zero-order valence-corrected chi connectivity index (χ0v) is 8.06. The Morgan fingerprint density at radius 1 is 1.60 bits per heavy atom. The van der Waals surface area contributed by atoms with Gasteiger partial charge in [-0.3, -0.25) is 4.79 Å². The Morgan fingerprint density at radius 2 is 2.27 bits per heavy atom. The van der Waals surface area contributed by atoms with Gasteiger partial charge in [0.25, 0.3) is 0 Å². The third-order valence-electron chi connectivity index (χ3n) is 1.89. The normalized spacial score (nSPS) is 19.5. The molecule has 0 bridgehead atoms. The SMILES string of the molecule is COC(=O)C1=CC(=O)OC1CC(=O)CO. The molecule has 1 unspecified atom stereocenters. The third kappa shape index (κ3) is 2.63. The lowest BCUT2D eigenvalue weighted by Crippen LogP contribution is -2.23. The quantitative estimate of drug-likeness (QED) is 0.601. The van der Waals surface area contributed by atoms with E-state index >= 15 is 0 Å². The summed E-state index contributed by atoms with van der Waals surface area (Å²) in [5.74, 6) is -1.91. The molecule has 0 aromatic rings. The van der Waals surface area contributed by atoms with Crippen LogP contribution in [0, 0.1) is 0 Å². The molecule has 1 heterocycles. The second-order valence-corrected chi connectivity index (χ2v) is 2.92. The minimum absolute atomic E-state index is 0.00398. The number of Topliss-reactive ketones (excluding diaryl/α,β-unsaturated/α-hetero) is 1. The van der Waals surface area contributed by atoms with Gasteiger partial charge in [0, 0.05) is 6.08 Å². The van der Waals surface area contributed by atoms with Crippen molar-refractivity contribution in [2.45, 2.75) is 12.5 Å². The number of aliphatic hydroxyl groups excluding tert-OH is 1. The molecule has 1 rings (SSSR count). The molecule has 0 spiro atoms. The first-order valence-electron chi connectivity index (χ1n) is 4.21. The molecule has 6 nitrogen and oxygen atoms in total. The van der Waals surface area contributed by atoms with Crippen molar-refractivity contribution in [3.05, 3.63) is 11.6 Å². The molecule has 0 aliphatic carbocycles. The predicted molar refractivity (Wildman–Crippen MR) is 46.7 cm³/mol. The first kappa shape index (κ1) is 11.4. The largest absolute Gasteiger partial charge is 0.466 e. The highest BCUT2D eigenvalue weighted by Gasteiger charge is 2.33. The van der Waals surface area contributed by atoms with Crippen LogP contribution in [-0.2, 0) is 23.9 Å². The van der Waals surface area contributed by atoms with Crippen molar-refractivity contribution < 1.29 is 29.0 Å². The molecule has 0 fully saturated rings. The van der Waals surface area contributed by atoms with E-state index in [0.29, 0.717) is 0 Å². The first-order valence-corrected chi connectivity index (χ1v) is 4.21. The summed E-state index contributed by atoms with van der Waals surface area (Å²) in [6.45, 7) is -0.650. The van der Waals surface area contributed by atoms with Crippen molar-refractivity contribution in [1.29, 1.82) is 0 Å². The van der Waals surface area contributed by atoms with Crippen LogP contribution in [0.3, 0.4) is 0 Å². The molecule has 1 aliphatic rings. The number of aliphatic hydroxyl groups is 1. The average molecular weight is 214 g/mol. The average Bonchev–Trinajstić information content (AvgIpc) is 2.58. The molecule has 0 amide bonds. The summed E-state index contributed by atoms with van der Waals surface area (Å²) in [5.41, 5.74) is 0.00398. The maximum atomic E-state index is 11.1. The van der Waals surface area contributed by atoms with Gasteiger partial charge < -0.3 is 14.6 Å². The zero-order valence-electron chi connectivity index (χ0n) is 8.06. The Balaban J connectivity index is 2.74. The molecule has 82 valence electrons. The molecule has 6 heteroatoms. The molecule has 1 atom stereocenters. The van der Waals surface area contributed by atoms with Gasteiger partial charge in [0.15, 0.2) is 5.78 Å². The van der Waals surface area contributed by atoms with Gasteiger partial charge in [-0.15, -0.1) is 0 Å². The minimum Gasteiger partial charge on any atom is -0.466 e. The Hall–Kier alpha value is -1.69. The first-order chi connectivity index (χ1) is 7.08. The molecule has 0 aromatic heterocycles. The number of carbonyl (C=O) groups excluding carboxylic acids is 3. The highest BCUT2D eigenvalue weighted by Crippen LogP contribution is 2.20. The Bertz CT molecular complexity index is 329. The maximum Gasteiger partial charge on any atom is 0.337 e. The molecule has 0 radical (unpaired) electrons. The van der Waals surface area contributed by atoms with Gasteiger partial charge in [0.2, 0.25) is 0 Å². The van der Waals surface area contributed by atoms with Crippen molar-refractivity contribution in [2.75, 3.05) is 13.7 Å². The van der Waals surface area contributed by atoms with Crippen molar-refractivity contribution in [1.82, 2.24) is 0 Å². The monoisotopic (exact) mass is 214 g/mol. The van der Waals surface area contributed by atoms with Crippen LogP contribution in [0.15, 0.2) is 11.6 Å². The van der Waals surface area contributed by atoms with E-state index in [1.54, 1.807) is 0 Å². The smallest absolute Gasteiger partial charge is 0.337 e. The summed E-state index contributed by atoms with van der Waals surface area (Å²) >= 11 is 0. The van der Waals surface area contributed by atoms with Crippen molar-refractivity contribution in [2.24, 2.45) is 0 Å². The minimum atomic E-state index is -0.940. The highest BCUT2D eigenvalue weighted by atomic mass is 16.6. The summed E-state index contributed by atoms with van der Waals surface area (Å²) in [4.78, 5) is 32.9. The molecule has 1 aliphatic heterocycles. The van der Waals surface area contributed by atoms with Gasteiger partial charge in [-0.2, -0.15) is 0 Å². The van der Waals surface area contributed by atoms with Gasteiger partial charge in [-0.05, 0) is 0 Å². The summed E-state index contributed by atoms with van der Waals surface area (Å²) in [7, 11) is 1.16. The van der Waals surface area contributed by atoms with E-state index in [1.807, 2.05) is 0 Å². The lowest BCUT2D eigenvalue weighted by molar-refractivity contribution is -0.141. The van der Waals surface area contributed by atoms with Crippen molar-refractivity contribution >= 4 is 17.7 Å². The van der Waals surface area contributed by atoms with Gasteiger partial charge in [-0.1, -0.05) is 0 Å². The fourth-order valence-corrected chi connectivity index (χ4v) is 1.19. The standard InChI is InChI=1S/C9H10O6/c1-14-9(13)6-3-8(12)15-7(6)2-5(11)4-10/h3,7,10H,2,4H2,1H3. The molecule has 0 saturated carbocycles. The van der Waals surface area contributed by atoms with E-state index in [2.05, 4.69) is 4.74 Å². The number of esters is 2. The summed E-state index contributed by atoms with van der Waals surface area (Å²) in [5, 5.41) is 8.52. The van der Waals surface area contributed by atoms with Gasteiger partial charge in [0.05, 0.1) is 19.1 Å². The fourth-order valence-electron chi connectivity index (χ4n) is 1.19. The predicted octanol–water partition coefficient (Wildman–Crippen LogP) is -1.04. The number of ketones is 1. The Morgan fingerprint density at radius 3 is 2.80 bits per heavy atom. The van der Waals surface area contributed by atoms with E-state index in [1.165, 1.54) is 0 Å². The topological polar surface area (TPSA) is 89.9 Å². The number of hydrogen-bond donors (Lipinski definition) is 1. The molecule has 0 aromatic carbocycles. The van der Waals surface area contributed by atoms with Crippen molar-refractivity contribution in [3.63, 3.8) is 0 Å². The summed E-state index contributed by atoms with van der Waals surface area (Å²) in [6.07, 6.45) is -0.172. The van der Waals surface area contributed by atoms with Crippen LogP contribution in [-0.4, -0.2) is 42.6 Å². The number of hydrogen-bond acceptors (Lipinski definition) is 6. The van der Waals surface area contributed by atoms with E-state index in [9.17, 15) is 14.4 Å². The van der Waals surface area contributed by atoms with E-state index < -0.39 is 30.4 Å². The number of rotatable bonds is 4. The summed E-state index contributed by atoms with van der Waals surface area (Å²) < 4.78 is 9.12. The van der Waals surface area contributed by atoms with E-state index in [0.717, 1.165) is 13.2 Å². The van der Waals surface area contributed by atoms with E-state index in [4.69, 9.17) is 9.84 Å². The molecule has 1 N–H and O–H groups in total. The Labute approximate surface area is 85.5 Å². The van der Waals surface area contributed by atoms with Crippen LogP contribution in [0.1, 0.15) is 6.42 Å². The van der Waals surface area contributed by atoms with E-state index in [-0.39, 0.29) is 12.0 Å². The lowest BCUT2D eigenvalue weighted by atomic mass is 10.1. The van der Waals surface area contributed by atoms with Crippen LogP contribution in [0.2, 0.25) is 0 Å². The number of ether oxygens (including phenoxy) is 2. The fraction of sp³-hybridized carbons (Fsp3) is 0.444. The van der Waals surface area contributed by atoms with Crippen LogP contribution in [0.25, 0.3) is 0 Å². The number of methoxy groups -OCH3 is 1. The highest BCUT2D eigenvalue weighted by molar-refractivity contribution is 6.01. The Kier molecular flexibility index (Phi) is 3.56. The second-order valence-electron chi connectivity index (χ2n) is 2.92. The van der Waals surface area contributed by atoms with Gasteiger partial charge in [0.1, 0.15) is 12.7 Å². The number of cyclic esters (lactones) is 1. The third-order valence-corrected chi connectivity index (χ3v) is 1.89. The molecule has 15 heavy (non-hydrogen) atoms. The van der Waals surface area contributed by atoms with Crippen molar-refractivity contribution in [3.8, 4) is 0 Å². The van der Waals surface area contributed by atoms with Gasteiger partial charge in [-0.25, -0.2) is 9.59 Å². The zero-order chi connectivity index (χ0) is 11.4. The molecule has 0 saturated heterocycles. The van der Waals surface area contributed by atoms with Crippen LogP contribution in [0.4, 0.5) is 0 Å². The number of carbonyl (C=O) groups is 3. The van der Waals surface area contributed by atoms with Crippen LogP contribution < -0.4 is 0 Å². The summed E-state index contributed by atoms with van der Waals surface area (Å²) in [6, 6.07) is 0. The molecular formula is C9H10O6. The van der Waals surface area contributed by atoms with Crippen LogP contribution >= 0.6 is 0 Å². The molecular weight excluding hydrogens is 204 g/mol. The second kappa shape index (κ2) is 4.70. The van der Waals surface area contributed by atoms with Crippen LogP contribution in [0.5, 0.6) is 0 Å². The lowest BCUT2D eigenvalue weighted by Gasteiger charge is -2.10. The van der Waals surface area contributed by atoms with Gasteiger partial charge >= 0.3 is 11.9 Å². The maximum absolute atomic E-state index is 11.1.